The lowest BCUT2D eigenvalue weighted by molar-refractivity contribution is -0.385. The number of hydrogen-bond acceptors (Lipinski definition) is 7. The number of benzene rings is 2. The molecule has 0 saturated carbocycles. The summed E-state index contributed by atoms with van der Waals surface area (Å²) >= 11 is 0. The van der Waals surface area contributed by atoms with Crippen molar-refractivity contribution in [1.82, 2.24) is 0 Å². The Hall–Kier alpha value is -3.62. The van der Waals surface area contributed by atoms with Crippen LogP contribution in [0.3, 0.4) is 0 Å². The minimum atomic E-state index is -0.598. The average Bonchev–Trinajstić information content (AvgIpc) is 2.68. The van der Waals surface area contributed by atoms with Gasteiger partial charge in [-0.25, -0.2) is 0 Å². The Kier molecular flexibility index (Phi) is 7.32. The van der Waals surface area contributed by atoms with E-state index < -0.39 is 23.4 Å². The topological polar surface area (TPSA) is 117 Å². The van der Waals surface area contributed by atoms with Crippen molar-refractivity contribution in [3.8, 4) is 11.5 Å². The number of methoxy groups -OCH3 is 1. The van der Waals surface area contributed by atoms with E-state index in [1.54, 1.807) is 31.4 Å². The Morgan fingerprint density at radius 3 is 2.43 bits per heavy atom. The summed E-state index contributed by atoms with van der Waals surface area (Å²) in [5.74, 6) is 0.0803. The molecule has 0 saturated heterocycles. The zero-order valence-electron chi connectivity index (χ0n) is 15.5. The number of hydrogen-bond donors (Lipinski definition) is 1. The molecule has 0 unspecified atom stereocenters. The van der Waals surface area contributed by atoms with Gasteiger partial charge in [0.25, 0.3) is 11.6 Å². The molecule has 1 N–H and O–H groups in total. The third-order valence-electron chi connectivity index (χ3n) is 3.77. The van der Waals surface area contributed by atoms with Gasteiger partial charge in [-0.1, -0.05) is 6.07 Å². The fourth-order valence-electron chi connectivity index (χ4n) is 2.29. The van der Waals surface area contributed by atoms with Gasteiger partial charge in [-0.05, 0) is 37.3 Å². The highest BCUT2D eigenvalue weighted by atomic mass is 16.6. The highest BCUT2D eigenvalue weighted by Crippen LogP contribution is 2.24. The largest absolute Gasteiger partial charge is 0.497 e. The number of nitro benzene ring substituents is 1. The molecule has 9 nitrogen and oxygen atoms in total. The van der Waals surface area contributed by atoms with Gasteiger partial charge < -0.3 is 19.5 Å². The van der Waals surface area contributed by atoms with Crippen molar-refractivity contribution in [2.45, 2.75) is 13.3 Å². The van der Waals surface area contributed by atoms with Gasteiger partial charge in [0.15, 0.2) is 6.61 Å². The second kappa shape index (κ2) is 9.91. The molecule has 0 bridgehead atoms. The maximum Gasteiger partial charge on any atom is 0.309 e. The lowest BCUT2D eigenvalue weighted by Gasteiger charge is -2.10. The van der Waals surface area contributed by atoms with Gasteiger partial charge in [0, 0.05) is 6.07 Å². The third-order valence-corrected chi connectivity index (χ3v) is 3.77. The van der Waals surface area contributed by atoms with Gasteiger partial charge in [0.05, 0.1) is 36.3 Å². The molecule has 0 radical (unpaired) electrons. The van der Waals surface area contributed by atoms with Crippen LogP contribution in [0.4, 0.5) is 11.4 Å². The number of nitro groups is 1. The molecule has 28 heavy (non-hydrogen) atoms. The van der Waals surface area contributed by atoms with Crippen LogP contribution in [0.1, 0.15) is 12.0 Å². The summed E-state index contributed by atoms with van der Waals surface area (Å²) in [6, 6.07) is 11.2. The van der Waals surface area contributed by atoms with E-state index in [1.165, 1.54) is 25.1 Å². The molecule has 1 amide bonds. The molecule has 0 fully saturated rings. The van der Waals surface area contributed by atoms with Crippen LogP contribution in [-0.2, 0) is 14.3 Å². The maximum atomic E-state index is 11.9. The molecule has 0 heterocycles. The lowest BCUT2D eigenvalue weighted by atomic mass is 10.1. The van der Waals surface area contributed by atoms with Gasteiger partial charge in [-0.15, -0.1) is 0 Å². The SMILES string of the molecule is COc1ccc(OCCC(=O)OCC(=O)Nc2cccc([N+](=O)[O-])c2C)cc1. The number of esters is 1. The summed E-state index contributed by atoms with van der Waals surface area (Å²) in [6.45, 7) is 1.12. The number of nitrogens with zero attached hydrogens (tertiary/aromatic N) is 1. The Morgan fingerprint density at radius 2 is 1.79 bits per heavy atom. The van der Waals surface area contributed by atoms with E-state index in [-0.39, 0.29) is 24.4 Å². The molecule has 0 spiro atoms. The van der Waals surface area contributed by atoms with Gasteiger partial charge in [0.1, 0.15) is 11.5 Å². The first-order valence-corrected chi connectivity index (χ1v) is 8.37. The molecule has 148 valence electrons. The van der Waals surface area contributed by atoms with Crippen molar-refractivity contribution >= 4 is 23.3 Å². The summed E-state index contributed by atoms with van der Waals surface area (Å²) in [4.78, 5) is 34.0. The summed E-state index contributed by atoms with van der Waals surface area (Å²) in [7, 11) is 1.56. The predicted octanol–water partition coefficient (Wildman–Crippen LogP) is 2.86. The molecule has 2 rings (SSSR count). The molecule has 0 aliphatic rings. The van der Waals surface area contributed by atoms with E-state index in [9.17, 15) is 19.7 Å². The van der Waals surface area contributed by atoms with E-state index in [0.29, 0.717) is 17.1 Å². The third kappa shape index (κ3) is 5.97. The number of ether oxygens (including phenoxy) is 3. The van der Waals surface area contributed by atoms with E-state index in [4.69, 9.17) is 14.2 Å². The minimum Gasteiger partial charge on any atom is -0.497 e. The van der Waals surface area contributed by atoms with Crippen molar-refractivity contribution in [2.75, 3.05) is 25.6 Å². The van der Waals surface area contributed by atoms with Crippen LogP contribution >= 0.6 is 0 Å². The van der Waals surface area contributed by atoms with Crippen LogP contribution in [0, 0.1) is 17.0 Å². The second-order valence-corrected chi connectivity index (χ2v) is 5.69. The van der Waals surface area contributed by atoms with E-state index in [0.717, 1.165) is 0 Å². The van der Waals surface area contributed by atoms with Crippen LogP contribution in [0.25, 0.3) is 0 Å². The highest BCUT2D eigenvalue weighted by molar-refractivity contribution is 5.94. The van der Waals surface area contributed by atoms with E-state index >= 15 is 0 Å². The summed E-state index contributed by atoms with van der Waals surface area (Å²) in [6.07, 6.45) is -0.0326. The molecule has 2 aromatic carbocycles. The quantitative estimate of drug-likeness (QED) is 0.399. The summed E-state index contributed by atoms with van der Waals surface area (Å²) in [5, 5.41) is 13.4. The van der Waals surface area contributed by atoms with Crippen molar-refractivity contribution in [3.05, 3.63) is 58.1 Å². The number of anilines is 1. The fraction of sp³-hybridized carbons (Fsp3) is 0.263. The van der Waals surface area contributed by atoms with Crippen LogP contribution in [0.15, 0.2) is 42.5 Å². The highest BCUT2D eigenvalue weighted by Gasteiger charge is 2.15. The van der Waals surface area contributed by atoms with E-state index in [2.05, 4.69) is 5.32 Å². The van der Waals surface area contributed by atoms with E-state index in [1.807, 2.05) is 0 Å². The lowest BCUT2D eigenvalue weighted by Crippen LogP contribution is -2.22. The molecule has 0 atom stereocenters. The average molecular weight is 388 g/mol. The normalized spacial score (nSPS) is 10.1. The molecule has 0 aromatic heterocycles. The van der Waals surface area contributed by atoms with Crippen LogP contribution in [-0.4, -0.2) is 37.1 Å². The number of carbonyl (C=O) groups excluding carboxylic acids is 2. The zero-order chi connectivity index (χ0) is 20.5. The standard InChI is InChI=1S/C19H20N2O7/c1-13-16(4-3-5-17(13)21(24)25)20-18(22)12-28-19(23)10-11-27-15-8-6-14(26-2)7-9-15/h3-9H,10-12H2,1-2H3,(H,20,22). The second-order valence-electron chi connectivity index (χ2n) is 5.69. The molecule has 0 aliphatic heterocycles. The van der Waals surface area contributed by atoms with Gasteiger partial charge >= 0.3 is 5.97 Å². The Balaban J connectivity index is 1.74. The molecule has 0 aliphatic carbocycles. The number of amides is 1. The zero-order valence-corrected chi connectivity index (χ0v) is 15.5. The van der Waals surface area contributed by atoms with Gasteiger partial charge in [0.2, 0.25) is 0 Å². The van der Waals surface area contributed by atoms with Crippen molar-refractivity contribution < 1.29 is 28.7 Å². The van der Waals surface area contributed by atoms with Crippen LogP contribution in [0.5, 0.6) is 11.5 Å². The Labute approximate surface area is 161 Å². The number of nitrogens with one attached hydrogen (secondary N) is 1. The van der Waals surface area contributed by atoms with Gasteiger partial charge in [-0.2, -0.15) is 0 Å². The summed E-state index contributed by atoms with van der Waals surface area (Å²) < 4.78 is 15.3. The Bertz CT molecular complexity index is 850. The van der Waals surface area contributed by atoms with Crippen molar-refractivity contribution in [3.63, 3.8) is 0 Å². The van der Waals surface area contributed by atoms with Crippen LogP contribution < -0.4 is 14.8 Å². The number of carbonyl (C=O) groups is 2. The molecule has 2 aromatic rings. The number of rotatable bonds is 9. The van der Waals surface area contributed by atoms with Gasteiger partial charge in [-0.3, -0.25) is 19.7 Å². The summed E-state index contributed by atoms with van der Waals surface area (Å²) in [5.41, 5.74) is 0.503. The molecular weight excluding hydrogens is 368 g/mol. The monoisotopic (exact) mass is 388 g/mol. The van der Waals surface area contributed by atoms with Crippen molar-refractivity contribution in [2.24, 2.45) is 0 Å². The maximum absolute atomic E-state index is 11.9. The first kappa shape index (κ1) is 20.7. The first-order chi connectivity index (χ1) is 13.4. The predicted molar refractivity (Wildman–Crippen MR) is 101 cm³/mol. The molecule has 9 heteroatoms. The first-order valence-electron chi connectivity index (χ1n) is 8.37. The Morgan fingerprint density at radius 1 is 1.11 bits per heavy atom. The smallest absolute Gasteiger partial charge is 0.309 e. The molecular formula is C19H20N2O7. The van der Waals surface area contributed by atoms with Crippen molar-refractivity contribution in [1.29, 1.82) is 0 Å². The fourth-order valence-corrected chi connectivity index (χ4v) is 2.29. The minimum absolute atomic E-state index is 0.0326. The van der Waals surface area contributed by atoms with Crippen LogP contribution in [0.2, 0.25) is 0 Å².